The number of halogens is 1. The van der Waals surface area contributed by atoms with E-state index in [4.69, 9.17) is 0 Å². The van der Waals surface area contributed by atoms with E-state index in [9.17, 15) is 4.79 Å². The van der Waals surface area contributed by atoms with Crippen molar-refractivity contribution in [3.05, 3.63) is 53.1 Å². The number of nitrogens with zero attached hydrogens (tertiary/aromatic N) is 1. The number of nitrogens with one attached hydrogen (secondary N) is 2. The fourth-order valence-corrected chi connectivity index (χ4v) is 3.54. The lowest BCUT2D eigenvalue weighted by Crippen LogP contribution is -2.22. The molecule has 4 nitrogen and oxygen atoms in total. The Hall–Kier alpha value is -1.94. The van der Waals surface area contributed by atoms with Gasteiger partial charge in [0.1, 0.15) is 0 Å². The summed E-state index contributed by atoms with van der Waals surface area (Å²) >= 11 is 0. The first-order valence-corrected chi connectivity index (χ1v) is 7.54. The van der Waals surface area contributed by atoms with Gasteiger partial charge in [-0.1, -0.05) is 6.07 Å². The normalized spacial score (nSPS) is 20.1. The van der Waals surface area contributed by atoms with Crippen molar-refractivity contribution in [2.45, 2.75) is 26.2 Å². The number of aryl methyl sites for hydroxylation is 1. The number of allylic oxidation sites excluding steroid dienone is 2. The van der Waals surface area contributed by atoms with E-state index in [-0.39, 0.29) is 24.1 Å². The minimum Gasteiger partial charge on any atom is -0.370 e. The SMILES string of the molecule is Cc1cc(C(=O)C2CCC3=C(C2)NCN3)c2ccccn12.Cl. The molecular weight excluding hydrogens is 298 g/mol. The molecule has 0 bridgehead atoms. The van der Waals surface area contributed by atoms with E-state index in [2.05, 4.69) is 15.0 Å². The van der Waals surface area contributed by atoms with Crippen molar-refractivity contribution >= 4 is 23.7 Å². The van der Waals surface area contributed by atoms with Crippen LogP contribution in [0.1, 0.15) is 35.3 Å². The van der Waals surface area contributed by atoms with Crippen LogP contribution in [0.3, 0.4) is 0 Å². The van der Waals surface area contributed by atoms with E-state index < -0.39 is 0 Å². The Labute approximate surface area is 136 Å². The molecule has 3 heterocycles. The van der Waals surface area contributed by atoms with Crippen LogP contribution in [0.2, 0.25) is 0 Å². The lowest BCUT2D eigenvalue weighted by atomic mass is 9.85. The molecule has 0 aromatic carbocycles. The predicted molar refractivity (Wildman–Crippen MR) is 89.2 cm³/mol. The van der Waals surface area contributed by atoms with Crippen molar-refractivity contribution in [1.82, 2.24) is 15.0 Å². The highest BCUT2D eigenvalue weighted by molar-refractivity contribution is 6.04. The average molecular weight is 318 g/mol. The van der Waals surface area contributed by atoms with Crippen LogP contribution < -0.4 is 10.6 Å². The van der Waals surface area contributed by atoms with Crippen molar-refractivity contribution in [2.75, 3.05) is 6.67 Å². The zero-order valence-corrected chi connectivity index (χ0v) is 13.4. The zero-order valence-electron chi connectivity index (χ0n) is 12.6. The summed E-state index contributed by atoms with van der Waals surface area (Å²) in [5, 5.41) is 6.69. The molecule has 2 aromatic heterocycles. The third-order valence-electron chi connectivity index (χ3n) is 4.67. The van der Waals surface area contributed by atoms with Gasteiger partial charge in [-0.25, -0.2) is 0 Å². The van der Waals surface area contributed by atoms with Gasteiger partial charge < -0.3 is 15.0 Å². The smallest absolute Gasteiger partial charge is 0.168 e. The summed E-state index contributed by atoms with van der Waals surface area (Å²) in [6, 6.07) is 8.06. The molecule has 5 heteroatoms. The lowest BCUT2D eigenvalue weighted by Gasteiger charge is -2.22. The van der Waals surface area contributed by atoms with Crippen molar-refractivity contribution in [1.29, 1.82) is 0 Å². The van der Waals surface area contributed by atoms with Gasteiger partial charge in [0.25, 0.3) is 0 Å². The Kier molecular flexibility index (Phi) is 3.87. The van der Waals surface area contributed by atoms with Crippen LogP contribution in [-0.2, 0) is 0 Å². The zero-order chi connectivity index (χ0) is 14.4. The second-order valence-corrected chi connectivity index (χ2v) is 5.95. The Morgan fingerprint density at radius 1 is 1.27 bits per heavy atom. The van der Waals surface area contributed by atoms with E-state index in [1.165, 1.54) is 11.4 Å². The molecule has 22 heavy (non-hydrogen) atoms. The van der Waals surface area contributed by atoms with E-state index in [1.54, 1.807) is 0 Å². The maximum Gasteiger partial charge on any atom is 0.168 e. The van der Waals surface area contributed by atoms with Gasteiger partial charge in [0.15, 0.2) is 5.78 Å². The first-order chi connectivity index (χ1) is 10.2. The molecule has 0 amide bonds. The first-order valence-electron chi connectivity index (χ1n) is 7.54. The van der Waals surface area contributed by atoms with Crippen LogP contribution in [0.15, 0.2) is 41.9 Å². The highest BCUT2D eigenvalue weighted by Gasteiger charge is 2.30. The van der Waals surface area contributed by atoms with Gasteiger partial charge in [-0.2, -0.15) is 0 Å². The largest absolute Gasteiger partial charge is 0.370 e. The monoisotopic (exact) mass is 317 g/mol. The molecule has 2 N–H and O–H groups in total. The number of ketones is 1. The molecule has 0 spiro atoms. The highest BCUT2D eigenvalue weighted by Crippen LogP contribution is 2.32. The van der Waals surface area contributed by atoms with Gasteiger partial charge >= 0.3 is 0 Å². The van der Waals surface area contributed by atoms with Gasteiger partial charge in [-0.15, -0.1) is 12.4 Å². The quantitative estimate of drug-likeness (QED) is 0.837. The molecule has 0 fully saturated rings. The minimum atomic E-state index is 0. The topological polar surface area (TPSA) is 45.5 Å². The molecule has 1 aliphatic carbocycles. The standard InChI is InChI=1S/C17H19N3O.ClH/c1-11-8-13(16-4-2-3-7-20(11)16)17(21)12-5-6-14-15(9-12)19-10-18-14;/h2-4,7-8,12,18-19H,5-6,9-10H2,1H3;1H. The van der Waals surface area contributed by atoms with Gasteiger partial charge in [0, 0.05) is 34.8 Å². The van der Waals surface area contributed by atoms with Crippen molar-refractivity contribution < 1.29 is 4.79 Å². The highest BCUT2D eigenvalue weighted by atomic mass is 35.5. The molecule has 1 unspecified atom stereocenters. The molecule has 0 saturated heterocycles. The Morgan fingerprint density at radius 3 is 2.95 bits per heavy atom. The number of hydrogen-bond donors (Lipinski definition) is 2. The summed E-state index contributed by atoms with van der Waals surface area (Å²) in [5.74, 6) is 0.383. The number of Topliss-reactive ketones (excluding diaryl/α,β-unsaturated/α-hetero) is 1. The summed E-state index contributed by atoms with van der Waals surface area (Å²) < 4.78 is 2.09. The summed E-state index contributed by atoms with van der Waals surface area (Å²) in [4.78, 5) is 12.9. The molecule has 1 atom stereocenters. The summed E-state index contributed by atoms with van der Waals surface area (Å²) in [6.45, 7) is 2.85. The summed E-state index contributed by atoms with van der Waals surface area (Å²) in [5.41, 5.74) is 5.55. The maximum absolute atomic E-state index is 12.9. The number of fused-ring (bicyclic) bond motifs is 1. The third kappa shape index (κ3) is 2.28. The van der Waals surface area contributed by atoms with Crippen LogP contribution in [0.25, 0.3) is 5.52 Å². The van der Waals surface area contributed by atoms with Gasteiger partial charge in [-0.05, 0) is 44.4 Å². The molecule has 2 aromatic rings. The minimum absolute atomic E-state index is 0. The molecule has 4 rings (SSSR count). The number of aromatic nitrogens is 1. The third-order valence-corrected chi connectivity index (χ3v) is 4.67. The fourth-order valence-electron chi connectivity index (χ4n) is 3.54. The van der Waals surface area contributed by atoms with Crippen LogP contribution in [-0.4, -0.2) is 16.9 Å². The van der Waals surface area contributed by atoms with Crippen molar-refractivity contribution in [2.24, 2.45) is 5.92 Å². The van der Waals surface area contributed by atoms with Crippen LogP contribution in [0.4, 0.5) is 0 Å². The number of carbonyl (C=O) groups excluding carboxylic acids is 1. The Bertz CT molecular complexity index is 762. The van der Waals surface area contributed by atoms with Gasteiger partial charge in [-0.3, -0.25) is 4.79 Å². The fraction of sp³-hybridized carbons (Fsp3) is 0.353. The maximum atomic E-state index is 12.9. The van der Waals surface area contributed by atoms with Crippen LogP contribution in [0, 0.1) is 12.8 Å². The van der Waals surface area contributed by atoms with E-state index in [0.29, 0.717) is 0 Å². The number of carbonyl (C=O) groups is 1. The Morgan fingerprint density at radius 2 is 2.09 bits per heavy atom. The van der Waals surface area contributed by atoms with E-state index >= 15 is 0 Å². The number of pyridine rings is 1. The molecule has 0 radical (unpaired) electrons. The molecular formula is C17H20ClN3O. The second-order valence-electron chi connectivity index (χ2n) is 5.95. The molecule has 1 aliphatic heterocycles. The lowest BCUT2D eigenvalue weighted by molar-refractivity contribution is 0.0909. The number of hydrogen-bond acceptors (Lipinski definition) is 3. The van der Waals surface area contributed by atoms with Crippen LogP contribution in [0.5, 0.6) is 0 Å². The average Bonchev–Trinajstić information content (AvgIpc) is 3.11. The Balaban J connectivity index is 0.00000144. The van der Waals surface area contributed by atoms with E-state index in [1.807, 2.05) is 37.4 Å². The van der Waals surface area contributed by atoms with Crippen LogP contribution >= 0.6 is 12.4 Å². The number of rotatable bonds is 2. The second kappa shape index (κ2) is 5.69. The van der Waals surface area contributed by atoms with Gasteiger partial charge in [0.05, 0.1) is 12.2 Å². The van der Waals surface area contributed by atoms with Gasteiger partial charge in [0.2, 0.25) is 0 Å². The van der Waals surface area contributed by atoms with Crippen molar-refractivity contribution in [3.8, 4) is 0 Å². The predicted octanol–water partition coefficient (Wildman–Crippen LogP) is 3.01. The van der Waals surface area contributed by atoms with Crippen molar-refractivity contribution in [3.63, 3.8) is 0 Å². The first kappa shape index (κ1) is 15.0. The summed E-state index contributed by atoms with van der Waals surface area (Å²) in [6.07, 6.45) is 4.77. The van der Waals surface area contributed by atoms with E-state index in [0.717, 1.165) is 42.7 Å². The summed E-state index contributed by atoms with van der Waals surface area (Å²) in [7, 11) is 0. The molecule has 2 aliphatic rings. The molecule has 0 saturated carbocycles. The molecule has 116 valence electrons.